The smallest absolute Gasteiger partial charge is 0.408 e. The van der Waals surface area contributed by atoms with Gasteiger partial charge in [-0.3, -0.25) is 19.2 Å². The Kier molecular flexibility index (Phi) is 27.2. The molecule has 2 heterocycles. The number of carbonyl (C=O) groups excluding carboxylic acids is 5. The highest BCUT2D eigenvalue weighted by Gasteiger charge is 2.40. The molecule has 504 valence electrons. The van der Waals surface area contributed by atoms with E-state index in [4.69, 9.17) is 30.3 Å². The van der Waals surface area contributed by atoms with Crippen LogP contribution < -0.4 is 21.7 Å². The average Bonchev–Trinajstić information content (AvgIpc) is 1.71. The van der Waals surface area contributed by atoms with Crippen molar-refractivity contribution in [3.05, 3.63) is 228 Å². The van der Waals surface area contributed by atoms with Gasteiger partial charge >= 0.3 is 18.2 Å². The minimum absolute atomic E-state index is 0.000466. The first kappa shape index (κ1) is 74.2. The summed E-state index contributed by atoms with van der Waals surface area (Å²) in [7, 11) is 0. The van der Waals surface area contributed by atoms with Crippen LogP contribution in [0.3, 0.4) is 0 Å². The minimum atomic E-state index is -1.10. The van der Waals surface area contributed by atoms with E-state index >= 15 is 0 Å². The molecule has 0 spiro atoms. The van der Waals surface area contributed by atoms with E-state index in [0.29, 0.717) is 56.8 Å². The number of carboxylic acids is 1. The third-order valence-corrected chi connectivity index (χ3v) is 14.5. The second-order valence-corrected chi connectivity index (χ2v) is 27.1. The summed E-state index contributed by atoms with van der Waals surface area (Å²) in [5.41, 5.74) is 11.4. The van der Waals surface area contributed by atoms with Crippen LogP contribution in [-0.2, 0) is 32.2 Å². The van der Waals surface area contributed by atoms with Crippen LogP contribution in [0, 0.1) is 10.8 Å². The highest BCUT2D eigenvalue weighted by molar-refractivity contribution is 5.95. The molecule has 0 aliphatic carbocycles. The Balaban J connectivity index is 0.000000262. The second-order valence-electron chi connectivity index (χ2n) is 27.1. The number of aromatic nitrogens is 4. The lowest BCUT2D eigenvalue weighted by Crippen LogP contribution is -2.44. The summed E-state index contributed by atoms with van der Waals surface area (Å²) in [6, 6.07) is 59.0. The largest absolute Gasteiger partial charge is 0.480 e. The fourth-order valence-electron chi connectivity index (χ4n) is 10.5. The van der Waals surface area contributed by atoms with Crippen molar-refractivity contribution in [2.24, 2.45) is 16.6 Å². The number of carboxylic acid groups (broad SMARTS) is 1. The summed E-state index contributed by atoms with van der Waals surface area (Å²) in [6.45, 7) is 25.7. The Hall–Kier alpha value is -9.88. The lowest BCUT2D eigenvalue weighted by atomic mass is 9.84. The average molecular weight is 1290 g/mol. The second kappa shape index (κ2) is 34.9. The lowest BCUT2D eigenvalue weighted by molar-refractivity contribution is -0.136. The zero-order valence-corrected chi connectivity index (χ0v) is 57.2. The number of alkyl carbamates (subject to hydrolysis) is 2. The molecule has 5 amide bonds. The molecule has 95 heavy (non-hydrogen) atoms. The van der Waals surface area contributed by atoms with Gasteiger partial charge in [-0.15, -0.1) is 0 Å². The van der Waals surface area contributed by atoms with Crippen molar-refractivity contribution in [1.82, 2.24) is 44.9 Å². The summed E-state index contributed by atoms with van der Waals surface area (Å²) in [4.78, 5) is 87.7. The number of imidazole rings is 2. The molecule has 19 nitrogen and oxygen atoms in total. The summed E-state index contributed by atoms with van der Waals surface area (Å²) in [6.07, 6.45) is 4.03. The number of hydrogen-bond acceptors (Lipinski definition) is 11. The molecule has 0 aliphatic rings. The molecule has 8 aromatic rings. The predicted molar refractivity (Wildman–Crippen MR) is 373 cm³/mol. The van der Waals surface area contributed by atoms with E-state index in [1.807, 2.05) is 143 Å². The Labute approximate surface area is 560 Å². The topological polar surface area (TPSA) is 245 Å². The number of nitrogens with one attached hydrogen (secondary N) is 3. The molecule has 0 radical (unpaired) electrons. The Bertz CT molecular complexity index is 3690. The van der Waals surface area contributed by atoms with Gasteiger partial charge in [0.25, 0.3) is 11.8 Å². The Morgan fingerprint density at radius 3 is 1.15 bits per heavy atom. The van der Waals surface area contributed by atoms with Gasteiger partial charge in [-0.25, -0.2) is 19.6 Å². The summed E-state index contributed by atoms with van der Waals surface area (Å²) >= 11 is 0. The van der Waals surface area contributed by atoms with E-state index in [1.54, 1.807) is 41.5 Å². The zero-order chi connectivity index (χ0) is 69.3. The maximum atomic E-state index is 14.3. The third kappa shape index (κ3) is 24.2. The van der Waals surface area contributed by atoms with Crippen molar-refractivity contribution >= 4 is 35.9 Å². The zero-order valence-electron chi connectivity index (χ0n) is 57.2. The summed E-state index contributed by atoms with van der Waals surface area (Å²) < 4.78 is 14.3. The molecule has 0 saturated heterocycles. The standard InChI is InChI=1S/C38H47N5O4.C31H36N4O.C7H13NO4/c1-37(2,3)33(34-41-31(29-19-12-8-13-20-29)27-42(34)26-28-17-10-7-11-18-28)43(35(45)30-21-14-9-15-22-30)24-16-23-39-32(44)25-40-36(46)47-38(4,5)6;1-31(2,3)28(35(21-13-20-32)30(36)26-18-11-6-12-19-26)29-33-27(25-16-9-5-10-17-25)23-34(29)22-24-14-7-4-8-15-24;1-7(2,3)12-6(11)8-4-5(9)10/h7-15,17-22,27,33H,16,23-26H2,1-6H3,(H,39,44)(H,40,46);4-12,14-19,23,28H,13,20-22,32H2,1-3H3;4H2,1-3H3,(H,8,11)(H,9,10)/t33-;28-;/m00./s1. The number of nitrogens with zero attached hydrogens (tertiary/aromatic N) is 6. The highest BCUT2D eigenvalue weighted by atomic mass is 16.6. The normalized spacial score (nSPS) is 12.1. The van der Waals surface area contributed by atoms with Gasteiger partial charge in [-0.1, -0.05) is 199 Å². The van der Waals surface area contributed by atoms with Crippen LogP contribution >= 0.6 is 0 Å². The molecule has 2 atom stereocenters. The predicted octanol–water partition coefficient (Wildman–Crippen LogP) is 13.6. The first-order valence-electron chi connectivity index (χ1n) is 32.2. The van der Waals surface area contributed by atoms with Gasteiger partial charge < -0.3 is 55.2 Å². The number of hydrogen-bond donors (Lipinski definition) is 5. The maximum Gasteiger partial charge on any atom is 0.408 e. The number of carbonyl (C=O) groups is 6. The summed E-state index contributed by atoms with van der Waals surface area (Å²) in [5.74, 6) is 0.121. The highest BCUT2D eigenvalue weighted by Crippen LogP contribution is 2.42. The maximum absolute atomic E-state index is 14.3. The molecule has 19 heteroatoms. The number of benzene rings is 6. The van der Waals surface area contributed by atoms with Gasteiger partial charge in [0.1, 0.15) is 29.4 Å². The number of rotatable bonds is 23. The van der Waals surface area contributed by atoms with E-state index in [-0.39, 0.29) is 35.7 Å². The van der Waals surface area contributed by atoms with E-state index in [2.05, 4.69) is 128 Å². The Morgan fingerprint density at radius 2 is 0.811 bits per heavy atom. The number of aliphatic carboxylic acids is 1. The van der Waals surface area contributed by atoms with Crippen LogP contribution in [0.15, 0.2) is 194 Å². The van der Waals surface area contributed by atoms with Crippen molar-refractivity contribution in [3.63, 3.8) is 0 Å². The van der Waals surface area contributed by atoms with Gasteiger partial charge in [-0.2, -0.15) is 0 Å². The SMILES string of the molecule is CC(C)(C)OC(=O)NCC(=O)NCCCN(C(=O)c1ccccc1)[C@@H](c1nc(-c2ccccc2)cn1Cc1ccccc1)C(C)(C)C.CC(C)(C)OC(=O)NCC(=O)O.CC(C)(C)[C@H](c1nc(-c2ccccc2)cn1Cc1ccccc1)N(CCCN)C(=O)c1ccccc1. The molecule has 2 aromatic heterocycles. The molecule has 0 bridgehead atoms. The van der Waals surface area contributed by atoms with Gasteiger partial charge in [0.2, 0.25) is 5.91 Å². The monoisotopic (exact) mass is 1290 g/mol. The van der Waals surface area contributed by atoms with Crippen LogP contribution in [0.2, 0.25) is 0 Å². The first-order valence-corrected chi connectivity index (χ1v) is 32.2. The molecular formula is C76H96N10O9. The molecule has 0 fully saturated rings. The molecule has 0 saturated carbocycles. The number of amides is 5. The van der Waals surface area contributed by atoms with E-state index in [0.717, 1.165) is 46.1 Å². The third-order valence-electron chi connectivity index (χ3n) is 14.5. The van der Waals surface area contributed by atoms with Crippen LogP contribution in [0.4, 0.5) is 9.59 Å². The number of ether oxygens (including phenoxy) is 2. The van der Waals surface area contributed by atoms with Gasteiger partial charge in [-0.05, 0) is 107 Å². The van der Waals surface area contributed by atoms with E-state index in [9.17, 15) is 28.8 Å². The van der Waals surface area contributed by atoms with Crippen molar-refractivity contribution < 1.29 is 43.3 Å². The molecule has 6 N–H and O–H groups in total. The Morgan fingerprint density at radius 1 is 0.474 bits per heavy atom. The summed E-state index contributed by atoms with van der Waals surface area (Å²) in [5, 5.41) is 15.6. The minimum Gasteiger partial charge on any atom is -0.480 e. The van der Waals surface area contributed by atoms with Crippen LogP contribution in [0.25, 0.3) is 22.5 Å². The van der Waals surface area contributed by atoms with Crippen LogP contribution in [0.5, 0.6) is 0 Å². The van der Waals surface area contributed by atoms with E-state index < -0.39 is 47.4 Å². The van der Waals surface area contributed by atoms with Gasteiger partial charge in [0, 0.05) is 67.4 Å². The fourth-order valence-corrected chi connectivity index (χ4v) is 10.5. The van der Waals surface area contributed by atoms with Crippen LogP contribution in [-0.4, -0.2) is 120 Å². The molecule has 0 unspecified atom stereocenters. The van der Waals surface area contributed by atoms with E-state index in [1.165, 1.54) is 5.56 Å². The quantitative estimate of drug-likeness (QED) is 0.0376. The molecule has 8 rings (SSSR count). The molecule has 6 aromatic carbocycles. The van der Waals surface area contributed by atoms with Gasteiger partial charge in [0.05, 0.1) is 30.0 Å². The van der Waals surface area contributed by atoms with Crippen molar-refractivity contribution in [2.45, 2.75) is 132 Å². The first-order chi connectivity index (χ1) is 45.0. The number of nitrogens with two attached hydrogens (primary N) is 1. The molecule has 0 aliphatic heterocycles. The van der Waals surface area contributed by atoms with Crippen molar-refractivity contribution in [2.75, 3.05) is 39.3 Å². The fraction of sp³-hybridized carbons (Fsp3) is 0.368. The van der Waals surface area contributed by atoms with Gasteiger partial charge in [0.15, 0.2) is 0 Å². The van der Waals surface area contributed by atoms with Crippen molar-refractivity contribution in [3.8, 4) is 22.5 Å². The van der Waals surface area contributed by atoms with Crippen molar-refractivity contribution in [1.29, 1.82) is 0 Å². The molecular weight excluding hydrogens is 1200 g/mol. The lowest BCUT2D eigenvalue weighted by Gasteiger charge is -2.40. The van der Waals surface area contributed by atoms with Crippen LogP contribution in [0.1, 0.15) is 152 Å².